The number of hydrogen-bond acceptors (Lipinski definition) is 5. The van der Waals surface area contributed by atoms with Crippen molar-refractivity contribution >= 4 is 11.8 Å². The first-order chi connectivity index (χ1) is 15.9. The van der Waals surface area contributed by atoms with E-state index in [-0.39, 0.29) is 11.7 Å². The van der Waals surface area contributed by atoms with Crippen molar-refractivity contribution in [3.63, 3.8) is 0 Å². The van der Waals surface area contributed by atoms with E-state index in [1.807, 2.05) is 6.92 Å². The largest absolute Gasteiger partial charge is 0.433 e. The first-order valence-electron chi connectivity index (χ1n) is 13.4. The Bertz CT molecular complexity index is 804. The lowest BCUT2D eigenvalue weighted by Crippen LogP contribution is -2.50. The lowest BCUT2D eigenvalue weighted by Gasteiger charge is -2.57. The third-order valence-electron chi connectivity index (χ3n) is 9.84. The molecule has 4 fully saturated rings. The summed E-state index contributed by atoms with van der Waals surface area (Å²) in [5, 5.41) is 7.03. The van der Waals surface area contributed by atoms with Gasteiger partial charge in [0.1, 0.15) is 0 Å². The van der Waals surface area contributed by atoms with E-state index in [4.69, 9.17) is 14.3 Å². The summed E-state index contributed by atoms with van der Waals surface area (Å²) in [6.45, 7) is 8.20. The van der Waals surface area contributed by atoms with E-state index < -0.39 is 6.09 Å². The van der Waals surface area contributed by atoms with E-state index in [2.05, 4.69) is 30.4 Å². The Morgan fingerprint density at radius 2 is 1.97 bits per heavy atom. The van der Waals surface area contributed by atoms with Crippen LogP contribution >= 0.6 is 0 Å². The second-order valence-corrected chi connectivity index (χ2v) is 11.5. The Balaban J connectivity index is 1.28. The van der Waals surface area contributed by atoms with Gasteiger partial charge in [-0.25, -0.2) is 4.79 Å². The topological polar surface area (TPSA) is 69.2 Å². The van der Waals surface area contributed by atoms with Gasteiger partial charge < -0.3 is 14.8 Å². The fourth-order valence-electron chi connectivity index (χ4n) is 7.99. The van der Waals surface area contributed by atoms with Gasteiger partial charge in [-0.05, 0) is 101 Å². The van der Waals surface area contributed by atoms with Crippen molar-refractivity contribution in [1.29, 1.82) is 0 Å². The smallest absolute Gasteiger partial charge is 0.353 e. The third-order valence-corrected chi connectivity index (χ3v) is 9.84. The molecule has 3 unspecified atom stereocenters. The Hall–Kier alpha value is -1.40. The molecule has 1 heterocycles. The van der Waals surface area contributed by atoms with Crippen molar-refractivity contribution in [1.82, 2.24) is 5.32 Å². The van der Waals surface area contributed by atoms with Crippen molar-refractivity contribution in [3.05, 3.63) is 11.6 Å². The summed E-state index contributed by atoms with van der Waals surface area (Å²) in [6.07, 6.45) is 15.0. The van der Waals surface area contributed by atoms with Crippen LogP contribution in [0.2, 0.25) is 0 Å². The van der Waals surface area contributed by atoms with E-state index in [9.17, 15) is 4.79 Å². The fourth-order valence-corrected chi connectivity index (χ4v) is 7.99. The molecule has 0 bridgehead atoms. The molecule has 5 aliphatic rings. The quantitative estimate of drug-likeness (QED) is 0.320. The first kappa shape index (κ1) is 23.3. The highest BCUT2D eigenvalue weighted by Crippen LogP contribution is 2.64. The van der Waals surface area contributed by atoms with Gasteiger partial charge in [-0.1, -0.05) is 30.7 Å². The average Bonchev–Trinajstić information content (AvgIpc) is 3.15. The third kappa shape index (κ3) is 4.27. The average molecular weight is 459 g/mol. The highest BCUT2D eigenvalue weighted by molar-refractivity contribution is 5.92. The number of hydrogen-bond donors (Lipinski definition) is 1. The normalized spacial score (nSPS) is 43.8. The molecule has 3 saturated carbocycles. The minimum absolute atomic E-state index is 0.0123. The molecule has 1 saturated heterocycles. The second-order valence-electron chi connectivity index (χ2n) is 11.5. The van der Waals surface area contributed by atoms with Crippen LogP contribution in [0.3, 0.4) is 0 Å². The summed E-state index contributed by atoms with van der Waals surface area (Å²) in [5.41, 5.74) is 3.11. The molecule has 0 aromatic carbocycles. The van der Waals surface area contributed by atoms with E-state index in [0.29, 0.717) is 29.9 Å². The van der Waals surface area contributed by atoms with Gasteiger partial charge in [0, 0.05) is 18.6 Å². The number of nitrogens with zero attached hydrogens (tertiary/aromatic N) is 1. The highest BCUT2D eigenvalue weighted by atomic mass is 16.7. The number of carbonyl (C=O) groups is 1. The van der Waals surface area contributed by atoms with Crippen LogP contribution in [0.15, 0.2) is 16.8 Å². The minimum atomic E-state index is -0.443. The van der Waals surface area contributed by atoms with Crippen molar-refractivity contribution in [2.24, 2.45) is 33.7 Å². The summed E-state index contributed by atoms with van der Waals surface area (Å²) in [4.78, 5) is 17.0. The zero-order valence-electron chi connectivity index (χ0n) is 20.7. The molecule has 5 rings (SSSR count). The molecule has 6 nitrogen and oxygen atoms in total. The zero-order chi connectivity index (χ0) is 23.1. The number of carbonyl (C=O) groups excluding carboxylic acids is 1. The molecule has 4 aliphatic carbocycles. The predicted molar refractivity (Wildman–Crippen MR) is 128 cm³/mol. The van der Waals surface area contributed by atoms with Gasteiger partial charge in [-0.15, -0.1) is 0 Å². The molecule has 0 aromatic rings. The van der Waals surface area contributed by atoms with Gasteiger partial charge in [-0.2, -0.15) is 0 Å². The molecule has 0 radical (unpaired) electrons. The maximum absolute atomic E-state index is 11.8. The van der Waals surface area contributed by atoms with E-state index in [1.54, 1.807) is 5.57 Å². The van der Waals surface area contributed by atoms with Gasteiger partial charge in [0.05, 0.1) is 11.8 Å². The number of ether oxygens (including phenoxy) is 2. The summed E-state index contributed by atoms with van der Waals surface area (Å²) < 4.78 is 12.3. The first-order valence-corrected chi connectivity index (χ1v) is 13.4. The fraction of sp³-hybridized carbons (Fsp3) is 0.852. The molecule has 7 atom stereocenters. The van der Waals surface area contributed by atoms with Crippen LogP contribution in [0.1, 0.15) is 91.4 Å². The molecular formula is C27H42N2O4. The van der Waals surface area contributed by atoms with Gasteiger partial charge >= 0.3 is 6.09 Å². The van der Waals surface area contributed by atoms with Crippen LogP contribution in [0.4, 0.5) is 4.79 Å². The molecule has 6 heteroatoms. The van der Waals surface area contributed by atoms with Crippen molar-refractivity contribution in [2.75, 3.05) is 13.2 Å². The minimum Gasteiger partial charge on any atom is -0.353 e. The van der Waals surface area contributed by atoms with Crippen molar-refractivity contribution in [2.45, 2.75) is 104 Å². The Morgan fingerprint density at radius 1 is 1.15 bits per heavy atom. The highest BCUT2D eigenvalue weighted by Gasteiger charge is 2.58. The number of allylic oxidation sites excluding steroid dienone is 1. The number of rotatable bonds is 4. The second kappa shape index (κ2) is 9.33. The van der Waals surface area contributed by atoms with E-state index in [1.165, 1.54) is 38.5 Å². The maximum atomic E-state index is 11.8. The van der Waals surface area contributed by atoms with Crippen LogP contribution in [-0.4, -0.2) is 37.4 Å². The predicted octanol–water partition coefficient (Wildman–Crippen LogP) is 5.96. The Labute approximate surface area is 198 Å². The molecule has 33 heavy (non-hydrogen) atoms. The molecule has 1 N–H and O–H groups in total. The van der Waals surface area contributed by atoms with E-state index >= 15 is 0 Å². The molecule has 1 amide bonds. The van der Waals surface area contributed by atoms with Crippen molar-refractivity contribution < 1.29 is 19.1 Å². The summed E-state index contributed by atoms with van der Waals surface area (Å²) in [6, 6.07) is 0. The monoisotopic (exact) mass is 458 g/mol. The number of nitrogens with one attached hydrogen (secondary N) is 1. The summed E-state index contributed by atoms with van der Waals surface area (Å²) in [7, 11) is 0. The van der Waals surface area contributed by atoms with Gasteiger partial charge in [0.15, 0.2) is 6.29 Å². The van der Waals surface area contributed by atoms with Crippen LogP contribution < -0.4 is 5.32 Å². The molecular weight excluding hydrogens is 416 g/mol. The molecule has 1 aliphatic heterocycles. The van der Waals surface area contributed by atoms with Crippen LogP contribution in [-0.2, 0) is 14.3 Å². The SMILES string of the molecule is CCNC(=O)O/N=C1\CCC2[C@@H]3CC=C4C[C@@H](OC5CCCCO5)CC[C@]4(C)C3CC[C@]12C. The molecule has 0 spiro atoms. The van der Waals surface area contributed by atoms with Gasteiger partial charge in [0.25, 0.3) is 0 Å². The number of fused-ring (bicyclic) bond motifs is 5. The molecule has 184 valence electrons. The standard InChI is InChI=1S/C27H42N2O4/c1-4-28-25(30)33-29-23-11-10-21-20-9-8-18-17-19(32-24-7-5-6-16-31-24)12-14-26(18,2)22(20)13-15-27(21,23)3/h8,19-22,24H,4-7,9-17H2,1-3H3,(H,28,30)/b29-23+/t19-,20-,21?,22?,24?,26-,27-/m0/s1. The van der Waals surface area contributed by atoms with Gasteiger partial charge in [-0.3, -0.25) is 4.84 Å². The lowest BCUT2D eigenvalue weighted by molar-refractivity contribution is -0.195. The zero-order valence-corrected chi connectivity index (χ0v) is 20.7. The maximum Gasteiger partial charge on any atom is 0.433 e. The number of amides is 1. The van der Waals surface area contributed by atoms with Crippen LogP contribution in [0.5, 0.6) is 0 Å². The van der Waals surface area contributed by atoms with Crippen LogP contribution in [0.25, 0.3) is 0 Å². The Morgan fingerprint density at radius 3 is 2.76 bits per heavy atom. The van der Waals surface area contributed by atoms with Crippen molar-refractivity contribution in [3.8, 4) is 0 Å². The van der Waals surface area contributed by atoms with E-state index in [0.717, 1.165) is 50.3 Å². The van der Waals surface area contributed by atoms with Gasteiger partial charge in [0.2, 0.25) is 0 Å². The Kier molecular flexibility index (Phi) is 6.60. The van der Waals surface area contributed by atoms with Crippen LogP contribution in [0, 0.1) is 28.6 Å². The molecule has 0 aromatic heterocycles. The number of oxime groups is 1. The summed E-state index contributed by atoms with van der Waals surface area (Å²) in [5.74, 6) is 2.08. The lowest BCUT2D eigenvalue weighted by atomic mass is 9.48. The summed E-state index contributed by atoms with van der Waals surface area (Å²) >= 11 is 0.